The molecule has 0 aromatic carbocycles. The first kappa shape index (κ1) is 12.0. The number of hydrogen-bond acceptors (Lipinski definition) is 3. The summed E-state index contributed by atoms with van der Waals surface area (Å²) in [4.78, 5) is 15.7. The molecule has 2 N–H and O–H groups in total. The number of piperidine rings is 1. The van der Waals surface area contributed by atoms with E-state index in [1.165, 1.54) is 12.1 Å². The fourth-order valence-electron chi connectivity index (χ4n) is 1.98. The summed E-state index contributed by atoms with van der Waals surface area (Å²) < 4.78 is 12.9. The molecule has 1 amide bonds. The Morgan fingerprint density at radius 1 is 1.53 bits per heavy atom. The normalized spacial score (nSPS) is 24.4. The van der Waals surface area contributed by atoms with Gasteiger partial charge in [-0.05, 0) is 44.9 Å². The fraction of sp³-hybridized carbons (Fsp3) is 0.500. The second-order valence-electron chi connectivity index (χ2n) is 4.52. The summed E-state index contributed by atoms with van der Waals surface area (Å²) in [6, 6.07) is 4.35. The fourth-order valence-corrected chi connectivity index (χ4v) is 1.98. The van der Waals surface area contributed by atoms with Crippen molar-refractivity contribution in [3.63, 3.8) is 0 Å². The molecule has 2 rings (SSSR count). The highest BCUT2D eigenvalue weighted by atomic mass is 19.1. The number of hydrogen-bond donors (Lipinski definition) is 2. The van der Waals surface area contributed by atoms with Crippen LogP contribution in [-0.2, 0) is 4.79 Å². The van der Waals surface area contributed by atoms with Crippen LogP contribution in [0.1, 0.15) is 26.2 Å². The van der Waals surface area contributed by atoms with Gasteiger partial charge in [-0.2, -0.15) is 4.39 Å². The first-order valence-corrected chi connectivity index (χ1v) is 5.79. The molecule has 2 heterocycles. The van der Waals surface area contributed by atoms with E-state index in [-0.39, 0.29) is 11.7 Å². The molecule has 4 nitrogen and oxygen atoms in total. The van der Waals surface area contributed by atoms with Crippen LogP contribution in [0.25, 0.3) is 0 Å². The molecule has 0 saturated carbocycles. The third-order valence-electron chi connectivity index (χ3n) is 3.08. The number of halogens is 1. The van der Waals surface area contributed by atoms with E-state index in [1.807, 2.05) is 6.92 Å². The van der Waals surface area contributed by atoms with Crippen molar-refractivity contribution in [2.24, 2.45) is 0 Å². The van der Waals surface area contributed by atoms with Crippen LogP contribution in [0, 0.1) is 5.95 Å². The molecule has 1 aromatic rings. The molecule has 1 aromatic heterocycles. The molecule has 5 heteroatoms. The lowest BCUT2D eigenvalue weighted by atomic mass is 9.90. The molecule has 0 bridgehead atoms. The molecule has 0 spiro atoms. The highest BCUT2D eigenvalue weighted by Gasteiger charge is 2.34. The Morgan fingerprint density at radius 3 is 3.00 bits per heavy atom. The van der Waals surface area contributed by atoms with E-state index in [4.69, 9.17) is 0 Å². The molecule has 0 aliphatic carbocycles. The Hall–Kier alpha value is -1.49. The number of aromatic nitrogens is 1. The summed E-state index contributed by atoms with van der Waals surface area (Å²) in [7, 11) is 0. The van der Waals surface area contributed by atoms with Gasteiger partial charge in [-0.25, -0.2) is 4.98 Å². The molecule has 17 heavy (non-hydrogen) atoms. The average Bonchev–Trinajstić information content (AvgIpc) is 2.30. The molecule has 1 aliphatic rings. The van der Waals surface area contributed by atoms with Gasteiger partial charge in [-0.3, -0.25) is 4.79 Å². The molecule has 1 fully saturated rings. The van der Waals surface area contributed by atoms with Gasteiger partial charge in [0.15, 0.2) is 0 Å². The van der Waals surface area contributed by atoms with Crippen molar-refractivity contribution in [1.29, 1.82) is 0 Å². The number of pyridine rings is 1. The Morgan fingerprint density at radius 2 is 2.35 bits per heavy atom. The second kappa shape index (κ2) is 4.79. The SMILES string of the molecule is CC1(C(=O)Nc2cccc(F)n2)CCCCN1. The van der Waals surface area contributed by atoms with Crippen molar-refractivity contribution < 1.29 is 9.18 Å². The highest BCUT2D eigenvalue weighted by molar-refractivity contribution is 5.97. The van der Waals surface area contributed by atoms with Crippen molar-refractivity contribution in [2.75, 3.05) is 11.9 Å². The number of amides is 1. The Bertz CT molecular complexity index is 416. The van der Waals surface area contributed by atoms with Gasteiger partial charge < -0.3 is 10.6 Å². The molecule has 92 valence electrons. The van der Waals surface area contributed by atoms with Crippen LogP contribution >= 0.6 is 0 Å². The third kappa shape index (κ3) is 2.79. The topological polar surface area (TPSA) is 54.0 Å². The molecule has 1 saturated heterocycles. The van der Waals surface area contributed by atoms with Crippen LogP contribution < -0.4 is 10.6 Å². The second-order valence-corrected chi connectivity index (χ2v) is 4.52. The minimum absolute atomic E-state index is 0.157. The minimum Gasteiger partial charge on any atom is -0.309 e. The van der Waals surface area contributed by atoms with Gasteiger partial charge in [-0.1, -0.05) is 6.07 Å². The van der Waals surface area contributed by atoms with Crippen molar-refractivity contribution >= 4 is 11.7 Å². The monoisotopic (exact) mass is 237 g/mol. The number of carbonyl (C=O) groups is 1. The predicted octanol–water partition coefficient (Wildman–Crippen LogP) is 1.69. The zero-order chi connectivity index (χ0) is 12.3. The average molecular weight is 237 g/mol. The van der Waals surface area contributed by atoms with Gasteiger partial charge in [-0.15, -0.1) is 0 Å². The number of nitrogens with zero attached hydrogens (tertiary/aromatic N) is 1. The zero-order valence-electron chi connectivity index (χ0n) is 9.79. The minimum atomic E-state index is -0.593. The number of nitrogens with one attached hydrogen (secondary N) is 2. The quantitative estimate of drug-likeness (QED) is 0.770. The lowest BCUT2D eigenvalue weighted by Gasteiger charge is -2.33. The predicted molar refractivity (Wildman–Crippen MR) is 63.1 cm³/mol. The Balaban J connectivity index is 2.05. The van der Waals surface area contributed by atoms with Gasteiger partial charge in [0.1, 0.15) is 5.82 Å². The summed E-state index contributed by atoms with van der Waals surface area (Å²) in [5.74, 6) is -0.497. The summed E-state index contributed by atoms with van der Waals surface area (Å²) in [5, 5.41) is 5.84. The molecular formula is C12H16FN3O. The van der Waals surface area contributed by atoms with Gasteiger partial charge in [0.05, 0.1) is 5.54 Å². The summed E-state index contributed by atoms with van der Waals surface area (Å²) >= 11 is 0. The van der Waals surface area contributed by atoms with E-state index in [9.17, 15) is 9.18 Å². The third-order valence-corrected chi connectivity index (χ3v) is 3.08. The van der Waals surface area contributed by atoms with Crippen LogP contribution in [0.5, 0.6) is 0 Å². The van der Waals surface area contributed by atoms with E-state index in [1.54, 1.807) is 6.07 Å². The van der Waals surface area contributed by atoms with Gasteiger partial charge >= 0.3 is 0 Å². The summed E-state index contributed by atoms with van der Waals surface area (Å²) in [6.45, 7) is 2.70. The maximum absolute atomic E-state index is 12.9. The number of rotatable bonds is 2. The van der Waals surface area contributed by atoms with E-state index in [0.717, 1.165) is 25.8 Å². The van der Waals surface area contributed by atoms with Crippen LogP contribution in [-0.4, -0.2) is 23.0 Å². The summed E-state index contributed by atoms with van der Waals surface area (Å²) in [6.07, 6.45) is 2.89. The van der Waals surface area contributed by atoms with Crippen LogP contribution in [0.15, 0.2) is 18.2 Å². The number of anilines is 1. The van der Waals surface area contributed by atoms with Gasteiger partial charge in [0, 0.05) is 0 Å². The van der Waals surface area contributed by atoms with E-state index >= 15 is 0 Å². The lowest BCUT2D eigenvalue weighted by molar-refractivity contribution is -0.122. The molecular weight excluding hydrogens is 221 g/mol. The van der Waals surface area contributed by atoms with Crippen molar-refractivity contribution in [1.82, 2.24) is 10.3 Å². The molecule has 0 radical (unpaired) electrons. The molecule has 1 unspecified atom stereocenters. The van der Waals surface area contributed by atoms with E-state index < -0.39 is 11.5 Å². The maximum Gasteiger partial charge on any atom is 0.245 e. The number of carbonyl (C=O) groups excluding carboxylic acids is 1. The van der Waals surface area contributed by atoms with Crippen molar-refractivity contribution in [3.05, 3.63) is 24.1 Å². The van der Waals surface area contributed by atoms with Crippen LogP contribution in [0.4, 0.5) is 10.2 Å². The van der Waals surface area contributed by atoms with E-state index in [0.29, 0.717) is 0 Å². The standard InChI is InChI=1S/C12H16FN3O/c1-12(7-2-3-8-14-12)11(17)16-10-6-4-5-9(13)15-10/h4-6,14H,2-3,7-8H2,1H3,(H,15,16,17). The maximum atomic E-state index is 12.9. The lowest BCUT2D eigenvalue weighted by Crippen LogP contribution is -2.54. The Kier molecular flexibility index (Phi) is 3.38. The van der Waals surface area contributed by atoms with Crippen LogP contribution in [0.2, 0.25) is 0 Å². The Labute approximate surface area is 99.6 Å². The summed E-state index contributed by atoms with van der Waals surface area (Å²) in [5.41, 5.74) is -0.577. The van der Waals surface area contributed by atoms with Crippen molar-refractivity contribution in [3.8, 4) is 0 Å². The molecule has 1 aliphatic heterocycles. The van der Waals surface area contributed by atoms with E-state index in [2.05, 4.69) is 15.6 Å². The largest absolute Gasteiger partial charge is 0.309 e. The van der Waals surface area contributed by atoms with Crippen molar-refractivity contribution in [2.45, 2.75) is 31.7 Å². The first-order chi connectivity index (χ1) is 8.10. The highest BCUT2D eigenvalue weighted by Crippen LogP contribution is 2.20. The smallest absolute Gasteiger partial charge is 0.245 e. The van der Waals surface area contributed by atoms with Gasteiger partial charge in [0.25, 0.3) is 0 Å². The van der Waals surface area contributed by atoms with Gasteiger partial charge in [0.2, 0.25) is 11.9 Å². The molecule has 1 atom stereocenters. The first-order valence-electron chi connectivity index (χ1n) is 5.79. The van der Waals surface area contributed by atoms with Crippen LogP contribution in [0.3, 0.4) is 0 Å². The zero-order valence-corrected chi connectivity index (χ0v) is 9.79.